The van der Waals surface area contributed by atoms with Crippen LogP contribution in [0, 0.1) is 0 Å². The number of halogens is 3. The molecule has 0 amide bonds. The Labute approximate surface area is 101 Å². The molecule has 0 radical (unpaired) electrons. The van der Waals surface area contributed by atoms with Gasteiger partial charge < -0.3 is 10.4 Å². The van der Waals surface area contributed by atoms with Crippen molar-refractivity contribution < 1.29 is 18.3 Å². The highest BCUT2D eigenvalue weighted by Gasteiger charge is 2.36. The molecule has 0 aliphatic heterocycles. The van der Waals surface area contributed by atoms with Gasteiger partial charge in [0.1, 0.15) is 0 Å². The maximum atomic E-state index is 12.3. The summed E-state index contributed by atoms with van der Waals surface area (Å²) in [6.07, 6.45) is -3.36. The van der Waals surface area contributed by atoms with E-state index in [1.807, 2.05) is 13.8 Å². The molecule has 0 aromatic carbocycles. The first-order chi connectivity index (χ1) is 7.80. The predicted molar refractivity (Wildman–Crippen MR) is 58.9 cm³/mol. The van der Waals surface area contributed by atoms with Crippen molar-refractivity contribution in [2.24, 2.45) is 0 Å². The van der Waals surface area contributed by atoms with E-state index in [1.165, 1.54) is 0 Å². The van der Waals surface area contributed by atoms with E-state index in [1.54, 1.807) is 0 Å². The maximum Gasteiger partial charge on any atom is 0.445 e. The average Bonchev–Trinajstić information content (AvgIpc) is 2.66. The lowest BCUT2D eigenvalue weighted by Crippen LogP contribution is -2.34. The normalized spacial score (nSPS) is 15.6. The highest BCUT2D eigenvalue weighted by Crippen LogP contribution is 2.34. The molecular weight excluding hydrogens is 255 g/mol. The van der Waals surface area contributed by atoms with Crippen molar-refractivity contribution in [3.05, 3.63) is 5.01 Å². The van der Waals surface area contributed by atoms with E-state index in [0.29, 0.717) is 24.2 Å². The molecule has 1 unspecified atom stereocenters. The largest absolute Gasteiger partial charge is 0.445 e. The van der Waals surface area contributed by atoms with Crippen LogP contribution < -0.4 is 5.32 Å². The number of alkyl halides is 3. The van der Waals surface area contributed by atoms with E-state index in [2.05, 4.69) is 15.5 Å². The Hall–Kier alpha value is -0.890. The van der Waals surface area contributed by atoms with Crippen LogP contribution in [0.1, 0.15) is 31.7 Å². The quantitative estimate of drug-likeness (QED) is 0.862. The Morgan fingerprint density at radius 2 is 2.00 bits per heavy atom. The van der Waals surface area contributed by atoms with Crippen molar-refractivity contribution in [3.63, 3.8) is 0 Å². The summed E-state index contributed by atoms with van der Waals surface area (Å²) >= 11 is 0.468. The summed E-state index contributed by atoms with van der Waals surface area (Å²) in [5, 5.41) is 17.5. The van der Waals surface area contributed by atoms with E-state index in [0.717, 1.165) is 0 Å². The molecule has 4 nitrogen and oxygen atoms in total. The third-order valence-corrected chi connectivity index (χ3v) is 3.40. The summed E-state index contributed by atoms with van der Waals surface area (Å²) in [6, 6.07) is 0. The fraction of sp³-hybridized carbons (Fsp3) is 0.778. The van der Waals surface area contributed by atoms with E-state index in [-0.39, 0.29) is 11.7 Å². The minimum Gasteiger partial charge on any atom is -0.396 e. The van der Waals surface area contributed by atoms with Crippen LogP contribution in [0.3, 0.4) is 0 Å². The van der Waals surface area contributed by atoms with Crippen molar-refractivity contribution in [1.29, 1.82) is 0 Å². The lowest BCUT2D eigenvalue weighted by Gasteiger charge is -2.28. The van der Waals surface area contributed by atoms with Gasteiger partial charge in [0.15, 0.2) is 0 Å². The standard InChI is InChI=1S/C9H14F3N3OS/c1-3-8(2,4-5-16)13-7-15-14-6(17-7)9(10,11)12/h16H,3-5H2,1-2H3,(H,13,15). The van der Waals surface area contributed by atoms with Gasteiger partial charge in [0.2, 0.25) is 10.1 Å². The number of rotatable bonds is 5. The SMILES string of the molecule is CCC(C)(CCO)Nc1nnc(C(F)(F)F)s1. The highest BCUT2D eigenvalue weighted by molar-refractivity contribution is 7.15. The minimum absolute atomic E-state index is 0.0394. The van der Waals surface area contributed by atoms with Crippen LogP contribution in [0.4, 0.5) is 18.3 Å². The first kappa shape index (κ1) is 14.2. The van der Waals surface area contributed by atoms with E-state index in [4.69, 9.17) is 5.11 Å². The average molecular weight is 269 g/mol. The number of nitrogens with zero attached hydrogens (tertiary/aromatic N) is 2. The fourth-order valence-corrected chi connectivity index (χ4v) is 1.98. The van der Waals surface area contributed by atoms with Gasteiger partial charge in [-0.05, 0) is 19.8 Å². The third-order valence-electron chi connectivity index (χ3n) is 2.52. The number of hydrogen-bond donors (Lipinski definition) is 2. The van der Waals surface area contributed by atoms with E-state index < -0.39 is 16.7 Å². The monoisotopic (exact) mass is 269 g/mol. The van der Waals surface area contributed by atoms with Crippen LogP contribution in [0.15, 0.2) is 0 Å². The van der Waals surface area contributed by atoms with Gasteiger partial charge in [-0.3, -0.25) is 0 Å². The van der Waals surface area contributed by atoms with Gasteiger partial charge in [0.25, 0.3) is 0 Å². The molecule has 0 aliphatic carbocycles. The van der Waals surface area contributed by atoms with Crippen LogP contribution in [-0.2, 0) is 6.18 Å². The number of aliphatic hydroxyl groups excluding tert-OH is 1. The number of anilines is 1. The summed E-state index contributed by atoms with van der Waals surface area (Å²) in [4.78, 5) is 0. The topological polar surface area (TPSA) is 58.0 Å². The molecule has 0 spiro atoms. The summed E-state index contributed by atoms with van der Waals surface area (Å²) < 4.78 is 36.9. The van der Waals surface area contributed by atoms with Crippen LogP contribution in [0.25, 0.3) is 0 Å². The summed E-state index contributed by atoms with van der Waals surface area (Å²) in [5.74, 6) is 0. The second kappa shape index (κ2) is 5.18. The second-order valence-corrected chi connectivity index (χ2v) is 4.90. The molecule has 1 aromatic rings. The Morgan fingerprint density at radius 3 is 2.41 bits per heavy atom. The summed E-state index contributed by atoms with van der Waals surface area (Å²) in [7, 11) is 0. The van der Waals surface area contributed by atoms with Crippen LogP contribution in [-0.4, -0.2) is 27.4 Å². The van der Waals surface area contributed by atoms with Gasteiger partial charge in [0.05, 0.1) is 0 Å². The molecule has 0 fully saturated rings. The third kappa shape index (κ3) is 3.81. The van der Waals surface area contributed by atoms with Gasteiger partial charge >= 0.3 is 6.18 Å². The fourth-order valence-electron chi connectivity index (χ4n) is 1.22. The zero-order valence-corrected chi connectivity index (χ0v) is 10.3. The molecule has 0 aliphatic rings. The molecule has 8 heteroatoms. The molecule has 2 N–H and O–H groups in total. The lowest BCUT2D eigenvalue weighted by molar-refractivity contribution is -0.138. The Balaban J connectivity index is 2.78. The summed E-state index contributed by atoms with van der Waals surface area (Å²) in [5.41, 5.74) is -0.475. The molecule has 1 aromatic heterocycles. The molecule has 1 rings (SSSR count). The van der Waals surface area contributed by atoms with Crippen LogP contribution >= 0.6 is 11.3 Å². The van der Waals surface area contributed by atoms with Gasteiger partial charge in [-0.15, -0.1) is 10.2 Å². The zero-order chi connectivity index (χ0) is 13.1. The van der Waals surface area contributed by atoms with Crippen molar-refractivity contribution in [2.45, 2.75) is 38.4 Å². The molecule has 0 saturated carbocycles. The Morgan fingerprint density at radius 1 is 1.35 bits per heavy atom. The van der Waals surface area contributed by atoms with Gasteiger partial charge in [-0.1, -0.05) is 18.3 Å². The minimum atomic E-state index is -4.46. The first-order valence-electron chi connectivity index (χ1n) is 5.10. The molecule has 0 bridgehead atoms. The van der Waals surface area contributed by atoms with Gasteiger partial charge in [-0.2, -0.15) is 13.2 Å². The lowest BCUT2D eigenvalue weighted by atomic mass is 9.95. The van der Waals surface area contributed by atoms with Crippen molar-refractivity contribution >= 4 is 16.5 Å². The molecule has 0 saturated heterocycles. The van der Waals surface area contributed by atoms with Crippen molar-refractivity contribution in [2.75, 3.05) is 11.9 Å². The van der Waals surface area contributed by atoms with Crippen LogP contribution in [0.5, 0.6) is 0 Å². The molecule has 1 heterocycles. The molecule has 17 heavy (non-hydrogen) atoms. The number of nitrogens with one attached hydrogen (secondary N) is 1. The van der Waals surface area contributed by atoms with Crippen LogP contribution in [0.2, 0.25) is 0 Å². The molecular formula is C9H14F3N3OS. The first-order valence-corrected chi connectivity index (χ1v) is 5.92. The number of aromatic nitrogens is 2. The number of hydrogen-bond acceptors (Lipinski definition) is 5. The number of aliphatic hydroxyl groups is 1. The van der Waals surface area contributed by atoms with Gasteiger partial charge in [0, 0.05) is 12.1 Å². The molecule has 1 atom stereocenters. The highest BCUT2D eigenvalue weighted by atomic mass is 32.1. The molecule has 98 valence electrons. The van der Waals surface area contributed by atoms with Gasteiger partial charge in [-0.25, -0.2) is 0 Å². The second-order valence-electron chi connectivity index (χ2n) is 3.92. The maximum absolute atomic E-state index is 12.3. The smallest absolute Gasteiger partial charge is 0.396 e. The Bertz CT molecular complexity index is 369. The van der Waals surface area contributed by atoms with E-state index in [9.17, 15) is 13.2 Å². The van der Waals surface area contributed by atoms with Crippen molar-refractivity contribution in [1.82, 2.24) is 10.2 Å². The Kier molecular flexibility index (Phi) is 4.31. The predicted octanol–water partition coefficient (Wildman–Crippen LogP) is 2.52. The van der Waals surface area contributed by atoms with E-state index >= 15 is 0 Å². The zero-order valence-electron chi connectivity index (χ0n) is 9.51. The summed E-state index contributed by atoms with van der Waals surface area (Å²) in [6.45, 7) is 3.66. The van der Waals surface area contributed by atoms with Crippen molar-refractivity contribution in [3.8, 4) is 0 Å².